The van der Waals surface area contributed by atoms with E-state index in [1.165, 1.54) is 0 Å². The van der Waals surface area contributed by atoms with E-state index in [1.54, 1.807) is 13.0 Å². The summed E-state index contributed by atoms with van der Waals surface area (Å²) < 4.78 is 6.61. The number of halogens is 1. The molecule has 1 aromatic carbocycles. The second kappa shape index (κ2) is 6.64. The second-order valence-electron chi connectivity index (χ2n) is 3.67. The van der Waals surface area contributed by atoms with Crippen molar-refractivity contribution in [1.29, 1.82) is 0 Å². The lowest BCUT2D eigenvalue weighted by atomic mass is 10.1. The number of aliphatic carboxylic acids is 1. The van der Waals surface area contributed by atoms with Crippen molar-refractivity contribution >= 4 is 34.6 Å². The summed E-state index contributed by atoms with van der Waals surface area (Å²) in [6, 6.07) is 5.67. The Morgan fingerprint density at radius 2 is 2.24 bits per heavy atom. The highest BCUT2D eigenvalue weighted by molar-refractivity contribution is 14.1. The van der Waals surface area contributed by atoms with Gasteiger partial charge in [0, 0.05) is 5.57 Å². The van der Waals surface area contributed by atoms with Crippen LogP contribution in [0.15, 0.2) is 23.8 Å². The molecule has 0 saturated heterocycles. The van der Waals surface area contributed by atoms with Crippen LogP contribution in [0.4, 0.5) is 0 Å². The Kier molecular flexibility index (Phi) is 5.47. The highest BCUT2D eigenvalue weighted by Gasteiger charge is 2.04. The lowest BCUT2D eigenvalue weighted by Crippen LogP contribution is -1.98. The van der Waals surface area contributed by atoms with E-state index >= 15 is 0 Å². The fraction of sp³-hybridized carbons (Fsp3) is 0.308. The van der Waals surface area contributed by atoms with Gasteiger partial charge in [-0.05, 0) is 59.7 Å². The molecule has 17 heavy (non-hydrogen) atoms. The van der Waals surface area contributed by atoms with Crippen molar-refractivity contribution in [3.8, 4) is 5.75 Å². The first-order chi connectivity index (χ1) is 8.04. The van der Waals surface area contributed by atoms with Gasteiger partial charge in [-0.15, -0.1) is 0 Å². The molecule has 4 heteroatoms. The lowest BCUT2D eigenvalue weighted by Gasteiger charge is -2.08. The lowest BCUT2D eigenvalue weighted by molar-refractivity contribution is -0.132. The summed E-state index contributed by atoms with van der Waals surface area (Å²) in [5, 5.41) is 8.81. The van der Waals surface area contributed by atoms with Crippen LogP contribution in [0.5, 0.6) is 5.75 Å². The molecule has 0 unspecified atom stereocenters. The topological polar surface area (TPSA) is 46.5 Å². The van der Waals surface area contributed by atoms with E-state index in [1.807, 2.05) is 25.1 Å². The largest absolute Gasteiger partial charge is 0.492 e. The first-order valence-corrected chi connectivity index (χ1v) is 6.46. The van der Waals surface area contributed by atoms with Gasteiger partial charge in [0.05, 0.1) is 10.2 Å². The van der Waals surface area contributed by atoms with Gasteiger partial charge in [-0.2, -0.15) is 0 Å². The number of carboxylic acid groups (broad SMARTS) is 1. The smallest absolute Gasteiger partial charge is 0.331 e. The van der Waals surface area contributed by atoms with E-state index in [9.17, 15) is 4.79 Å². The minimum atomic E-state index is -0.903. The van der Waals surface area contributed by atoms with Gasteiger partial charge in [0.15, 0.2) is 0 Å². The second-order valence-corrected chi connectivity index (χ2v) is 4.83. The highest BCUT2D eigenvalue weighted by Crippen LogP contribution is 2.23. The maximum atomic E-state index is 10.7. The van der Waals surface area contributed by atoms with Crippen molar-refractivity contribution < 1.29 is 14.6 Å². The molecule has 0 atom stereocenters. The molecular weight excluding hydrogens is 331 g/mol. The molecule has 0 fully saturated rings. The van der Waals surface area contributed by atoms with Gasteiger partial charge >= 0.3 is 5.97 Å². The molecule has 1 rings (SSSR count). The van der Waals surface area contributed by atoms with Crippen LogP contribution in [0.2, 0.25) is 0 Å². The normalized spacial score (nSPS) is 11.4. The van der Waals surface area contributed by atoms with Crippen LogP contribution >= 0.6 is 22.6 Å². The monoisotopic (exact) mass is 346 g/mol. The summed E-state index contributed by atoms with van der Waals surface area (Å²) in [5.74, 6) is -0.0982. The van der Waals surface area contributed by atoms with Crippen LogP contribution in [0, 0.1) is 3.57 Å². The zero-order valence-corrected chi connectivity index (χ0v) is 12.0. The zero-order valence-electron chi connectivity index (χ0n) is 9.87. The molecule has 0 bridgehead atoms. The molecule has 0 amide bonds. The Bertz CT molecular complexity index is 438. The van der Waals surface area contributed by atoms with E-state index in [-0.39, 0.29) is 0 Å². The quantitative estimate of drug-likeness (QED) is 0.655. The van der Waals surface area contributed by atoms with Crippen LogP contribution in [-0.4, -0.2) is 17.7 Å². The Labute approximate surface area is 115 Å². The van der Waals surface area contributed by atoms with Gasteiger partial charge in [-0.1, -0.05) is 13.0 Å². The Morgan fingerprint density at radius 3 is 2.82 bits per heavy atom. The van der Waals surface area contributed by atoms with E-state index in [0.717, 1.165) is 21.3 Å². The molecule has 0 aliphatic carbocycles. The minimum Gasteiger partial charge on any atom is -0.492 e. The van der Waals surface area contributed by atoms with Gasteiger partial charge in [0.2, 0.25) is 0 Å². The van der Waals surface area contributed by atoms with Crippen molar-refractivity contribution in [3.05, 3.63) is 32.9 Å². The van der Waals surface area contributed by atoms with Crippen LogP contribution in [0.25, 0.3) is 6.08 Å². The molecule has 92 valence electrons. The zero-order chi connectivity index (χ0) is 12.8. The van der Waals surface area contributed by atoms with Crippen molar-refractivity contribution in [2.45, 2.75) is 20.3 Å². The predicted molar refractivity (Wildman–Crippen MR) is 76.2 cm³/mol. The van der Waals surface area contributed by atoms with Crippen LogP contribution in [-0.2, 0) is 4.79 Å². The highest BCUT2D eigenvalue weighted by atomic mass is 127. The molecule has 0 spiro atoms. The van der Waals surface area contributed by atoms with Gasteiger partial charge < -0.3 is 9.84 Å². The van der Waals surface area contributed by atoms with Crippen LogP contribution in [0.1, 0.15) is 25.8 Å². The van der Waals surface area contributed by atoms with E-state index in [2.05, 4.69) is 22.6 Å². The van der Waals surface area contributed by atoms with Gasteiger partial charge in [-0.25, -0.2) is 4.79 Å². The third-order valence-corrected chi connectivity index (χ3v) is 3.03. The third-order valence-electron chi connectivity index (χ3n) is 2.14. The number of hydrogen-bond donors (Lipinski definition) is 1. The maximum Gasteiger partial charge on any atom is 0.331 e. The average molecular weight is 346 g/mol. The minimum absolute atomic E-state index is 0.313. The fourth-order valence-electron chi connectivity index (χ4n) is 1.24. The molecule has 0 aromatic heterocycles. The Balaban J connectivity index is 2.96. The average Bonchev–Trinajstić information content (AvgIpc) is 2.29. The molecule has 3 nitrogen and oxygen atoms in total. The van der Waals surface area contributed by atoms with Crippen molar-refractivity contribution in [2.24, 2.45) is 0 Å². The molecule has 0 saturated carbocycles. The summed E-state index contributed by atoms with van der Waals surface area (Å²) in [6.07, 6.45) is 2.58. The van der Waals surface area contributed by atoms with E-state index in [4.69, 9.17) is 9.84 Å². The van der Waals surface area contributed by atoms with E-state index < -0.39 is 5.97 Å². The van der Waals surface area contributed by atoms with Crippen molar-refractivity contribution in [1.82, 2.24) is 0 Å². The number of carbonyl (C=O) groups is 1. The van der Waals surface area contributed by atoms with Gasteiger partial charge in [0.1, 0.15) is 5.75 Å². The fourth-order valence-corrected chi connectivity index (χ4v) is 1.74. The SMILES string of the molecule is CCCOc1cc(/C=C(\C)C(=O)O)ccc1I. The molecule has 0 radical (unpaired) electrons. The number of hydrogen-bond acceptors (Lipinski definition) is 2. The van der Waals surface area contributed by atoms with Crippen molar-refractivity contribution in [3.63, 3.8) is 0 Å². The van der Waals surface area contributed by atoms with Gasteiger partial charge in [-0.3, -0.25) is 0 Å². The standard InChI is InChI=1S/C13H15IO3/c1-3-6-17-12-8-10(4-5-11(12)14)7-9(2)13(15)16/h4-5,7-8H,3,6H2,1-2H3,(H,15,16)/b9-7+. The maximum absolute atomic E-state index is 10.7. The first-order valence-electron chi connectivity index (χ1n) is 5.38. The number of benzene rings is 1. The molecule has 1 N–H and O–H groups in total. The number of carboxylic acids is 1. The molecule has 0 aliphatic rings. The summed E-state index contributed by atoms with van der Waals surface area (Å²) in [7, 11) is 0. The molecule has 0 aliphatic heterocycles. The van der Waals surface area contributed by atoms with Gasteiger partial charge in [0.25, 0.3) is 0 Å². The predicted octanol–water partition coefficient (Wildman–Crippen LogP) is 3.57. The number of ether oxygens (including phenoxy) is 1. The number of rotatable bonds is 5. The molecular formula is C13H15IO3. The summed E-state index contributed by atoms with van der Waals surface area (Å²) in [5.41, 5.74) is 1.16. The molecule has 1 aromatic rings. The van der Waals surface area contributed by atoms with Crippen molar-refractivity contribution in [2.75, 3.05) is 6.61 Å². The molecule has 0 heterocycles. The van der Waals surface area contributed by atoms with Crippen LogP contribution < -0.4 is 4.74 Å². The Morgan fingerprint density at radius 1 is 1.53 bits per heavy atom. The Hall–Kier alpha value is -1.04. The summed E-state index contributed by atoms with van der Waals surface area (Å²) in [4.78, 5) is 10.7. The first kappa shape index (κ1) is 14.0. The summed E-state index contributed by atoms with van der Waals surface area (Å²) >= 11 is 2.20. The van der Waals surface area contributed by atoms with Crippen LogP contribution in [0.3, 0.4) is 0 Å². The van der Waals surface area contributed by atoms with E-state index in [0.29, 0.717) is 12.2 Å². The summed E-state index contributed by atoms with van der Waals surface area (Å²) in [6.45, 7) is 4.29. The third kappa shape index (κ3) is 4.38.